The Morgan fingerprint density at radius 2 is 1.89 bits per heavy atom. The van der Waals surface area contributed by atoms with Gasteiger partial charge in [0.05, 0.1) is 16.4 Å². The molecule has 27 heavy (non-hydrogen) atoms. The van der Waals surface area contributed by atoms with Gasteiger partial charge >= 0.3 is 0 Å². The number of carbonyl (C=O) groups is 1. The molecule has 0 atom stereocenters. The molecule has 1 rings (SSSR count). The maximum atomic E-state index is 12.3. The van der Waals surface area contributed by atoms with Crippen molar-refractivity contribution in [1.29, 1.82) is 0 Å². The van der Waals surface area contributed by atoms with Gasteiger partial charge in [0.25, 0.3) is 5.69 Å². The van der Waals surface area contributed by atoms with Crippen molar-refractivity contribution in [3.63, 3.8) is 0 Å². The average molecular weight is 401 g/mol. The summed E-state index contributed by atoms with van der Waals surface area (Å²) in [5, 5.41) is 16.7. The zero-order chi connectivity index (χ0) is 20.8. The molecule has 152 valence electrons. The summed E-state index contributed by atoms with van der Waals surface area (Å²) in [7, 11) is -0.270. The Bertz CT molecular complexity index is 787. The summed E-state index contributed by atoms with van der Waals surface area (Å²) in [5.74, 6) is -0.334. The van der Waals surface area contributed by atoms with Gasteiger partial charge in [0.2, 0.25) is 15.9 Å². The number of amides is 1. The largest absolute Gasteiger partial charge is 0.371 e. The number of hydrogen-bond acceptors (Lipinski definition) is 7. The third-order valence-electron chi connectivity index (χ3n) is 3.28. The zero-order valence-electron chi connectivity index (χ0n) is 16.2. The van der Waals surface area contributed by atoms with Crippen molar-refractivity contribution in [2.75, 3.05) is 39.0 Å². The van der Waals surface area contributed by atoms with E-state index in [1.54, 1.807) is 19.0 Å². The first-order valence-corrected chi connectivity index (χ1v) is 9.78. The Morgan fingerprint density at radius 3 is 2.41 bits per heavy atom. The van der Waals surface area contributed by atoms with Crippen LogP contribution in [0.15, 0.2) is 23.1 Å². The van der Waals surface area contributed by atoms with Crippen LogP contribution in [0.1, 0.15) is 20.8 Å². The fourth-order valence-electron chi connectivity index (χ4n) is 2.10. The van der Waals surface area contributed by atoms with Gasteiger partial charge in [-0.15, -0.1) is 0 Å². The number of likely N-dealkylation sites (N-methyl/N-ethyl adjacent to an activating group) is 1. The number of nitrogens with zero attached hydrogens (tertiary/aromatic N) is 2. The fraction of sp³-hybridized carbons (Fsp3) is 0.562. The van der Waals surface area contributed by atoms with Gasteiger partial charge in [0.1, 0.15) is 5.69 Å². The molecule has 0 spiro atoms. The van der Waals surface area contributed by atoms with E-state index in [0.717, 1.165) is 6.07 Å². The van der Waals surface area contributed by atoms with Crippen LogP contribution in [-0.4, -0.2) is 63.4 Å². The quantitative estimate of drug-likeness (QED) is 0.411. The molecule has 0 saturated heterocycles. The van der Waals surface area contributed by atoms with Crippen LogP contribution >= 0.6 is 0 Å². The van der Waals surface area contributed by atoms with E-state index in [1.807, 2.05) is 20.8 Å². The number of carbonyl (C=O) groups excluding carboxylic acids is 1. The summed E-state index contributed by atoms with van der Waals surface area (Å²) >= 11 is 0. The molecule has 0 aromatic heterocycles. The van der Waals surface area contributed by atoms with Gasteiger partial charge in [-0.1, -0.05) is 0 Å². The van der Waals surface area contributed by atoms with Crippen molar-refractivity contribution in [3.05, 3.63) is 28.3 Å². The van der Waals surface area contributed by atoms with Crippen LogP contribution in [0.5, 0.6) is 0 Å². The molecule has 0 fully saturated rings. The van der Waals surface area contributed by atoms with Crippen LogP contribution in [0.4, 0.5) is 11.4 Å². The molecule has 3 N–H and O–H groups in total. The average Bonchev–Trinajstić information content (AvgIpc) is 2.50. The smallest absolute Gasteiger partial charge is 0.293 e. The third-order valence-corrected chi connectivity index (χ3v) is 4.74. The Hall–Kier alpha value is -2.24. The predicted octanol–water partition coefficient (Wildman–Crippen LogP) is 0.761. The highest BCUT2D eigenvalue weighted by Crippen LogP contribution is 2.27. The van der Waals surface area contributed by atoms with Gasteiger partial charge in [-0.05, 0) is 47.0 Å². The van der Waals surface area contributed by atoms with E-state index in [1.165, 1.54) is 12.1 Å². The topological polar surface area (TPSA) is 134 Å². The zero-order valence-corrected chi connectivity index (χ0v) is 17.0. The van der Waals surface area contributed by atoms with E-state index in [9.17, 15) is 23.3 Å². The lowest BCUT2D eigenvalue weighted by molar-refractivity contribution is -0.384. The first kappa shape index (κ1) is 22.8. The number of benzene rings is 1. The van der Waals surface area contributed by atoms with Crippen molar-refractivity contribution < 1.29 is 18.1 Å². The lowest BCUT2D eigenvalue weighted by atomic mass is 10.1. The van der Waals surface area contributed by atoms with Crippen LogP contribution < -0.4 is 15.4 Å². The van der Waals surface area contributed by atoms with Gasteiger partial charge in [0.15, 0.2) is 0 Å². The first-order chi connectivity index (χ1) is 12.3. The molecule has 11 heteroatoms. The molecule has 0 bridgehead atoms. The van der Waals surface area contributed by atoms with E-state index in [4.69, 9.17) is 0 Å². The molecule has 0 aliphatic heterocycles. The van der Waals surface area contributed by atoms with E-state index < -0.39 is 26.2 Å². The summed E-state index contributed by atoms with van der Waals surface area (Å²) < 4.78 is 27.0. The Balaban J connectivity index is 2.94. The molecule has 1 aromatic rings. The lowest BCUT2D eigenvalue weighted by Crippen LogP contribution is -2.43. The minimum absolute atomic E-state index is 0.0660. The van der Waals surface area contributed by atoms with Crippen molar-refractivity contribution in [3.8, 4) is 0 Å². The molecule has 0 unspecified atom stereocenters. The van der Waals surface area contributed by atoms with Crippen LogP contribution in [0, 0.1) is 10.1 Å². The van der Waals surface area contributed by atoms with E-state index in [0.29, 0.717) is 6.54 Å². The number of anilines is 1. The summed E-state index contributed by atoms with van der Waals surface area (Å²) in [6, 6.07) is 3.51. The van der Waals surface area contributed by atoms with Crippen LogP contribution in [0.3, 0.4) is 0 Å². The molecule has 0 heterocycles. The standard InChI is InChI=1S/C16H27N5O5S/c1-16(2,3)19-15(22)11-17-13-7-6-12(10-14(13)21(23)24)27(25,26)18-8-9-20(4)5/h6-7,10,17-18H,8-9,11H2,1-5H3,(H,19,22). The van der Waals surface area contributed by atoms with Crippen LogP contribution in [-0.2, 0) is 14.8 Å². The molecule has 0 aliphatic carbocycles. The SMILES string of the molecule is CN(C)CCNS(=O)(=O)c1ccc(NCC(=O)NC(C)(C)C)c([N+](=O)[O-])c1. The molecule has 10 nitrogen and oxygen atoms in total. The number of nitrogens with one attached hydrogen (secondary N) is 3. The van der Waals surface area contributed by atoms with Crippen LogP contribution in [0.25, 0.3) is 0 Å². The van der Waals surface area contributed by atoms with E-state index >= 15 is 0 Å². The van der Waals surface area contributed by atoms with Gasteiger partial charge < -0.3 is 15.5 Å². The number of sulfonamides is 1. The van der Waals surface area contributed by atoms with Crippen molar-refractivity contribution in [2.45, 2.75) is 31.2 Å². The highest BCUT2D eigenvalue weighted by molar-refractivity contribution is 7.89. The second-order valence-electron chi connectivity index (χ2n) is 7.29. The normalized spacial score (nSPS) is 12.1. The number of nitro groups is 1. The Kier molecular flexibility index (Phi) is 7.69. The van der Waals surface area contributed by atoms with Gasteiger partial charge in [-0.2, -0.15) is 0 Å². The Labute approximate surface area is 159 Å². The summed E-state index contributed by atoms with van der Waals surface area (Å²) in [5.41, 5.74) is -0.786. The predicted molar refractivity (Wildman–Crippen MR) is 103 cm³/mol. The van der Waals surface area contributed by atoms with Crippen molar-refractivity contribution >= 4 is 27.3 Å². The van der Waals surface area contributed by atoms with Gasteiger partial charge in [-0.3, -0.25) is 14.9 Å². The lowest BCUT2D eigenvalue weighted by Gasteiger charge is -2.20. The molecular weight excluding hydrogens is 374 g/mol. The summed E-state index contributed by atoms with van der Waals surface area (Å²) in [6.45, 7) is 5.94. The minimum atomic E-state index is -3.87. The maximum absolute atomic E-state index is 12.3. The van der Waals surface area contributed by atoms with Crippen molar-refractivity contribution in [1.82, 2.24) is 14.9 Å². The third kappa shape index (κ3) is 7.89. The molecule has 1 amide bonds. The molecule has 0 aliphatic rings. The van der Waals surface area contributed by atoms with Crippen molar-refractivity contribution in [2.24, 2.45) is 0 Å². The summed E-state index contributed by atoms with van der Waals surface area (Å²) in [6.07, 6.45) is 0. The maximum Gasteiger partial charge on any atom is 0.293 e. The Morgan fingerprint density at radius 1 is 1.26 bits per heavy atom. The number of nitro benzene ring substituents is 1. The minimum Gasteiger partial charge on any atom is -0.371 e. The molecule has 1 aromatic carbocycles. The van der Waals surface area contributed by atoms with E-state index in [-0.39, 0.29) is 29.6 Å². The summed E-state index contributed by atoms with van der Waals surface area (Å²) in [4.78, 5) is 24.1. The number of hydrogen-bond donors (Lipinski definition) is 3. The highest BCUT2D eigenvalue weighted by atomic mass is 32.2. The van der Waals surface area contributed by atoms with E-state index in [2.05, 4.69) is 15.4 Å². The number of rotatable bonds is 9. The van der Waals surface area contributed by atoms with Crippen LogP contribution in [0.2, 0.25) is 0 Å². The fourth-order valence-corrected chi connectivity index (χ4v) is 3.14. The molecular formula is C16H27N5O5S. The highest BCUT2D eigenvalue weighted by Gasteiger charge is 2.22. The van der Waals surface area contributed by atoms with Gasteiger partial charge in [-0.25, -0.2) is 13.1 Å². The second-order valence-corrected chi connectivity index (χ2v) is 9.06. The second kappa shape index (κ2) is 9.11. The first-order valence-electron chi connectivity index (χ1n) is 8.29. The van der Waals surface area contributed by atoms with Gasteiger partial charge in [0, 0.05) is 24.7 Å². The molecule has 0 saturated carbocycles. The molecule has 0 radical (unpaired) electrons. The monoisotopic (exact) mass is 401 g/mol.